The fraction of sp³-hybridized carbons (Fsp3) is 0.214. The summed E-state index contributed by atoms with van der Waals surface area (Å²) in [5.41, 5.74) is 1.04. The average Bonchev–Trinajstić information content (AvgIpc) is 3.09. The third-order valence-electron chi connectivity index (χ3n) is 3.41. The van der Waals surface area contributed by atoms with Crippen LogP contribution in [0.5, 0.6) is 0 Å². The average molecular weight is 306 g/mol. The predicted octanol–water partition coefficient (Wildman–Crippen LogP) is 3.12. The molecule has 0 atom stereocenters. The third kappa shape index (κ3) is 1.79. The number of aliphatic imine (C=N–C) groups is 1. The van der Waals surface area contributed by atoms with Gasteiger partial charge in [0.2, 0.25) is 0 Å². The van der Waals surface area contributed by atoms with Crippen LogP contribution >= 0.6 is 23.1 Å². The maximum atomic E-state index is 13.3. The summed E-state index contributed by atoms with van der Waals surface area (Å²) < 4.78 is 14.4. The van der Waals surface area contributed by atoms with Crippen molar-refractivity contribution in [3.63, 3.8) is 0 Å². The molecule has 0 radical (unpaired) electrons. The van der Waals surface area contributed by atoms with E-state index in [-0.39, 0.29) is 12.4 Å². The van der Waals surface area contributed by atoms with Gasteiger partial charge in [-0.1, -0.05) is 11.8 Å². The van der Waals surface area contributed by atoms with Gasteiger partial charge < -0.3 is 10.0 Å². The van der Waals surface area contributed by atoms with Crippen LogP contribution in [0.2, 0.25) is 0 Å². The van der Waals surface area contributed by atoms with Gasteiger partial charge in [-0.15, -0.1) is 11.3 Å². The summed E-state index contributed by atoms with van der Waals surface area (Å²) in [6.45, 7) is 1.66. The monoisotopic (exact) mass is 306 g/mol. The summed E-state index contributed by atoms with van der Waals surface area (Å²) >= 11 is 3.16. The van der Waals surface area contributed by atoms with Gasteiger partial charge >= 0.3 is 0 Å². The molecule has 4 rings (SSSR count). The highest BCUT2D eigenvalue weighted by molar-refractivity contribution is 8.17. The number of amidine groups is 1. The highest BCUT2D eigenvalue weighted by atomic mass is 32.2. The summed E-state index contributed by atoms with van der Waals surface area (Å²) in [6, 6.07) is 6.83. The number of benzene rings is 1. The Morgan fingerprint density at radius 1 is 1.35 bits per heavy atom. The first-order valence-corrected chi connectivity index (χ1v) is 7.93. The lowest BCUT2D eigenvalue weighted by Crippen LogP contribution is -2.19. The number of nitrogens with zero attached hydrogens (tertiary/aromatic N) is 2. The first-order chi connectivity index (χ1) is 9.76. The zero-order valence-corrected chi connectivity index (χ0v) is 12.1. The van der Waals surface area contributed by atoms with E-state index in [2.05, 4.69) is 9.89 Å². The van der Waals surface area contributed by atoms with Crippen LogP contribution in [0.4, 0.5) is 4.39 Å². The normalized spacial score (nSPS) is 18.1. The number of hydrogen-bond acceptors (Lipinski definition) is 5. The van der Waals surface area contributed by atoms with E-state index in [1.807, 2.05) is 6.07 Å². The van der Waals surface area contributed by atoms with Crippen molar-refractivity contribution in [3.8, 4) is 0 Å². The van der Waals surface area contributed by atoms with Gasteiger partial charge in [0.15, 0.2) is 5.17 Å². The number of fused-ring (bicyclic) bond motifs is 2. The molecule has 2 aromatic rings. The van der Waals surface area contributed by atoms with Crippen molar-refractivity contribution in [1.82, 2.24) is 4.90 Å². The zero-order chi connectivity index (χ0) is 13.7. The van der Waals surface area contributed by atoms with E-state index < -0.39 is 0 Å². The largest absolute Gasteiger partial charge is 0.391 e. The maximum absolute atomic E-state index is 13.3. The molecule has 0 saturated carbocycles. The summed E-state index contributed by atoms with van der Waals surface area (Å²) in [6.07, 6.45) is 0. The Morgan fingerprint density at radius 2 is 2.25 bits per heavy atom. The number of thioether (sulfide) groups is 1. The second kappa shape index (κ2) is 4.58. The van der Waals surface area contributed by atoms with Gasteiger partial charge in [-0.2, -0.15) is 0 Å². The minimum Gasteiger partial charge on any atom is -0.391 e. The van der Waals surface area contributed by atoms with Crippen LogP contribution in [0.25, 0.3) is 15.8 Å². The first-order valence-electron chi connectivity index (χ1n) is 6.29. The fourth-order valence-electron chi connectivity index (χ4n) is 2.54. The molecule has 2 aliphatic heterocycles. The van der Waals surface area contributed by atoms with Gasteiger partial charge in [0.25, 0.3) is 0 Å². The van der Waals surface area contributed by atoms with Crippen molar-refractivity contribution in [2.24, 2.45) is 4.99 Å². The van der Waals surface area contributed by atoms with Gasteiger partial charge in [0.05, 0.1) is 23.7 Å². The molecule has 6 heteroatoms. The molecule has 0 saturated heterocycles. The van der Waals surface area contributed by atoms with Gasteiger partial charge in [0, 0.05) is 16.1 Å². The molecule has 20 heavy (non-hydrogen) atoms. The number of halogens is 1. The van der Waals surface area contributed by atoms with Gasteiger partial charge in [-0.05, 0) is 29.7 Å². The lowest BCUT2D eigenvalue weighted by molar-refractivity contribution is 0.339. The van der Waals surface area contributed by atoms with Crippen LogP contribution in [0, 0.1) is 5.82 Å². The van der Waals surface area contributed by atoms with Crippen molar-refractivity contribution < 1.29 is 9.50 Å². The van der Waals surface area contributed by atoms with Crippen LogP contribution in [-0.2, 0) is 0 Å². The van der Waals surface area contributed by atoms with Gasteiger partial charge in [-0.25, -0.2) is 4.39 Å². The second-order valence-corrected chi connectivity index (χ2v) is 6.79. The Bertz CT molecular complexity index is 766. The van der Waals surface area contributed by atoms with Crippen molar-refractivity contribution in [3.05, 3.63) is 39.9 Å². The maximum Gasteiger partial charge on any atom is 0.168 e. The van der Waals surface area contributed by atoms with E-state index in [4.69, 9.17) is 0 Å². The van der Waals surface area contributed by atoms with Crippen LogP contribution < -0.4 is 0 Å². The molecule has 1 N–H and O–H groups in total. The Balaban J connectivity index is 1.86. The van der Waals surface area contributed by atoms with E-state index in [1.165, 1.54) is 17.8 Å². The SMILES string of the molecule is OCC1=C(c2cc3cc(F)ccc3s2)N2CCN=C2S1. The molecular weight excluding hydrogens is 295 g/mol. The van der Waals surface area contributed by atoms with Gasteiger partial charge in [0.1, 0.15) is 5.82 Å². The van der Waals surface area contributed by atoms with Crippen molar-refractivity contribution in [2.75, 3.05) is 19.7 Å². The fourth-order valence-corrected chi connectivity index (χ4v) is 4.78. The number of rotatable bonds is 2. The summed E-state index contributed by atoms with van der Waals surface area (Å²) in [4.78, 5) is 8.58. The molecule has 1 aromatic heterocycles. The Kier molecular flexibility index (Phi) is 2.83. The molecule has 0 bridgehead atoms. The van der Waals surface area contributed by atoms with Crippen molar-refractivity contribution in [1.29, 1.82) is 0 Å². The number of hydrogen-bond donors (Lipinski definition) is 1. The van der Waals surface area contributed by atoms with Gasteiger partial charge in [-0.3, -0.25) is 4.99 Å². The summed E-state index contributed by atoms with van der Waals surface area (Å²) in [5, 5.41) is 11.4. The van der Waals surface area contributed by atoms with Crippen LogP contribution in [0.15, 0.2) is 34.2 Å². The Labute approximate surface area is 123 Å². The molecular formula is C14H11FN2OS2. The summed E-state index contributed by atoms with van der Waals surface area (Å²) in [5.74, 6) is -0.220. The Morgan fingerprint density at radius 3 is 3.10 bits per heavy atom. The quantitative estimate of drug-likeness (QED) is 0.926. The molecule has 0 unspecified atom stereocenters. The minimum absolute atomic E-state index is 0.0120. The lowest BCUT2D eigenvalue weighted by atomic mass is 10.2. The number of aliphatic hydroxyl groups excluding tert-OH is 1. The molecule has 0 fully saturated rings. The predicted molar refractivity (Wildman–Crippen MR) is 82.4 cm³/mol. The lowest BCUT2D eigenvalue weighted by Gasteiger charge is -2.15. The van der Waals surface area contributed by atoms with Crippen LogP contribution in [-0.4, -0.2) is 34.9 Å². The molecule has 0 amide bonds. The number of aliphatic hydroxyl groups is 1. The molecule has 3 nitrogen and oxygen atoms in total. The smallest absolute Gasteiger partial charge is 0.168 e. The minimum atomic E-state index is -0.220. The third-order valence-corrected chi connectivity index (χ3v) is 5.63. The van der Waals surface area contributed by atoms with Crippen molar-refractivity contribution in [2.45, 2.75) is 0 Å². The highest BCUT2D eigenvalue weighted by Gasteiger charge is 2.33. The van der Waals surface area contributed by atoms with E-state index >= 15 is 0 Å². The molecule has 0 aliphatic carbocycles. The second-order valence-electron chi connectivity index (χ2n) is 4.64. The standard InChI is InChI=1S/C14H11FN2OS2/c15-9-1-2-10-8(5-9)6-11(19-10)13-12(7-18)20-14-16-3-4-17(13)14/h1-2,5-6,18H,3-4,7H2. The molecule has 3 heterocycles. The summed E-state index contributed by atoms with van der Waals surface area (Å²) in [7, 11) is 0. The highest BCUT2D eigenvalue weighted by Crippen LogP contribution is 2.44. The Hall–Kier alpha value is -1.37. The van der Waals surface area contributed by atoms with E-state index in [1.54, 1.807) is 23.5 Å². The van der Waals surface area contributed by atoms with Crippen LogP contribution in [0.3, 0.4) is 0 Å². The topological polar surface area (TPSA) is 35.8 Å². The van der Waals surface area contributed by atoms with Crippen LogP contribution in [0.1, 0.15) is 4.88 Å². The molecule has 102 valence electrons. The molecule has 0 spiro atoms. The van der Waals surface area contributed by atoms with E-state index in [9.17, 15) is 9.50 Å². The first kappa shape index (κ1) is 12.4. The molecule has 2 aliphatic rings. The van der Waals surface area contributed by atoms with Crippen molar-refractivity contribution >= 4 is 44.0 Å². The zero-order valence-electron chi connectivity index (χ0n) is 10.5. The number of thiophene rings is 1. The van der Waals surface area contributed by atoms with E-state index in [0.29, 0.717) is 0 Å². The van der Waals surface area contributed by atoms with E-state index in [0.717, 1.165) is 43.8 Å². The molecule has 1 aromatic carbocycles.